The molecule has 1 fully saturated rings. The molecular formula is C26H24Cl2N4O5. The van der Waals surface area contributed by atoms with E-state index >= 15 is 0 Å². The number of hydrogen-bond acceptors (Lipinski definition) is 7. The molecule has 0 spiro atoms. The van der Waals surface area contributed by atoms with Crippen LogP contribution in [-0.4, -0.2) is 65.9 Å². The predicted molar refractivity (Wildman–Crippen MR) is 138 cm³/mol. The fraction of sp³-hybridized carbons (Fsp3) is 0.269. The van der Waals surface area contributed by atoms with E-state index in [1.165, 1.54) is 24.3 Å². The van der Waals surface area contributed by atoms with Crippen LogP contribution in [0.5, 0.6) is 5.88 Å². The topological polar surface area (TPSA) is 102 Å². The van der Waals surface area contributed by atoms with Gasteiger partial charge in [0.1, 0.15) is 0 Å². The highest BCUT2D eigenvalue weighted by Gasteiger charge is 2.25. The van der Waals surface area contributed by atoms with Crippen molar-refractivity contribution in [3.05, 3.63) is 81.7 Å². The molecular weight excluding hydrogens is 519 g/mol. The number of hydrogen-bond donors (Lipinski definition) is 0. The Morgan fingerprint density at radius 2 is 1.86 bits per heavy atom. The molecule has 1 aliphatic rings. The van der Waals surface area contributed by atoms with Crippen molar-refractivity contribution < 1.29 is 23.9 Å². The Labute approximate surface area is 223 Å². The molecule has 0 radical (unpaired) electrons. The number of methoxy groups -OCH3 is 1. The van der Waals surface area contributed by atoms with Gasteiger partial charge < -0.3 is 19.3 Å². The molecule has 1 saturated heterocycles. The molecule has 0 bridgehead atoms. The summed E-state index contributed by atoms with van der Waals surface area (Å²) in [6.07, 6.45) is 0.900. The van der Waals surface area contributed by atoms with E-state index in [4.69, 9.17) is 32.7 Å². The highest BCUT2D eigenvalue weighted by atomic mass is 35.5. The van der Waals surface area contributed by atoms with Crippen LogP contribution in [0, 0.1) is 0 Å². The van der Waals surface area contributed by atoms with Crippen LogP contribution in [-0.2, 0) is 16.1 Å². The Kier molecular flexibility index (Phi) is 8.70. The molecule has 0 saturated carbocycles. The maximum Gasteiger partial charge on any atom is 0.255 e. The quantitative estimate of drug-likeness (QED) is 0.312. The minimum Gasteiger partial charge on any atom is -0.481 e. The molecule has 11 heteroatoms. The molecule has 0 unspecified atom stereocenters. The Morgan fingerprint density at radius 3 is 2.57 bits per heavy atom. The van der Waals surface area contributed by atoms with Crippen molar-refractivity contribution in [1.82, 2.24) is 14.9 Å². The molecule has 0 aliphatic carbocycles. The van der Waals surface area contributed by atoms with Crippen molar-refractivity contribution in [2.75, 3.05) is 38.3 Å². The van der Waals surface area contributed by atoms with Crippen LogP contribution >= 0.6 is 23.2 Å². The van der Waals surface area contributed by atoms with Gasteiger partial charge in [0.05, 0.1) is 43.9 Å². The van der Waals surface area contributed by atoms with Gasteiger partial charge in [-0.3, -0.25) is 14.4 Å². The monoisotopic (exact) mass is 542 g/mol. The third-order valence-electron chi connectivity index (χ3n) is 5.72. The van der Waals surface area contributed by atoms with E-state index in [1.54, 1.807) is 41.3 Å². The van der Waals surface area contributed by atoms with Gasteiger partial charge in [-0.15, -0.1) is 0 Å². The van der Waals surface area contributed by atoms with Crippen molar-refractivity contribution in [2.24, 2.45) is 0 Å². The number of morpholine rings is 1. The first-order valence-corrected chi connectivity index (χ1v) is 12.2. The number of carbonyl (C=O) groups is 3. The first kappa shape index (κ1) is 26.5. The number of benzene rings is 2. The van der Waals surface area contributed by atoms with E-state index in [2.05, 4.69) is 9.97 Å². The standard InChI is InChI=1S/C26H24Cl2N4O5/c1-36-23-7-8-29-25(30-23)22(33)15-24(34)32(16-17-3-2-4-18(27)13-17)19-5-6-20(21(28)14-19)26(35)31-9-11-37-12-10-31/h2-8,13-14H,9-12,15-16H2,1H3. The van der Waals surface area contributed by atoms with Gasteiger partial charge in [-0.2, -0.15) is 4.98 Å². The van der Waals surface area contributed by atoms with E-state index in [-0.39, 0.29) is 29.2 Å². The van der Waals surface area contributed by atoms with Gasteiger partial charge in [-0.25, -0.2) is 4.98 Å². The average Bonchev–Trinajstić information content (AvgIpc) is 2.91. The SMILES string of the molecule is COc1ccnc(C(=O)CC(=O)N(Cc2cccc(Cl)c2)c2ccc(C(=O)N3CCOCC3)c(Cl)c2)n1. The highest BCUT2D eigenvalue weighted by molar-refractivity contribution is 6.34. The lowest BCUT2D eigenvalue weighted by Gasteiger charge is -2.28. The maximum absolute atomic E-state index is 13.4. The fourth-order valence-electron chi connectivity index (χ4n) is 3.83. The van der Waals surface area contributed by atoms with Gasteiger partial charge in [0, 0.05) is 36.1 Å². The zero-order valence-electron chi connectivity index (χ0n) is 20.0. The van der Waals surface area contributed by atoms with Crippen LogP contribution in [0.15, 0.2) is 54.7 Å². The van der Waals surface area contributed by atoms with Crippen LogP contribution in [0.1, 0.15) is 33.0 Å². The predicted octanol–water partition coefficient (Wildman–Crippen LogP) is 4.07. The largest absolute Gasteiger partial charge is 0.481 e. The fourth-order valence-corrected chi connectivity index (χ4v) is 4.29. The van der Waals surface area contributed by atoms with E-state index < -0.39 is 18.1 Å². The number of ether oxygens (including phenoxy) is 2. The van der Waals surface area contributed by atoms with Crippen molar-refractivity contribution >= 4 is 46.5 Å². The first-order chi connectivity index (χ1) is 17.9. The van der Waals surface area contributed by atoms with Crippen LogP contribution in [0.3, 0.4) is 0 Å². The molecule has 2 aromatic carbocycles. The summed E-state index contributed by atoms with van der Waals surface area (Å²) in [7, 11) is 1.42. The molecule has 37 heavy (non-hydrogen) atoms. The molecule has 1 aromatic heterocycles. The number of aromatic nitrogens is 2. The summed E-state index contributed by atoms with van der Waals surface area (Å²) in [6.45, 7) is 2.01. The van der Waals surface area contributed by atoms with E-state index in [0.29, 0.717) is 42.6 Å². The Bertz CT molecular complexity index is 1310. The molecule has 2 amide bonds. The van der Waals surface area contributed by atoms with Crippen molar-refractivity contribution in [2.45, 2.75) is 13.0 Å². The van der Waals surface area contributed by atoms with Gasteiger partial charge >= 0.3 is 0 Å². The summed E-state index contributed by atoms with van der Waals surface area (Å²) in [5, 5.41) is 0.704. The number of anilines is 1. The summed E-state index contributed by atoms with van der Waals surface area (Å²) in [4.78, 5) is 50.2. The number of amides is 2. The highest BCUT2D eigenvalue weighted by Crippen LogP contribution is 2.28. The minimum atomic E-state index is -0.565. The maximum atomic E-state index is 13.4. The second-order valence-electron chi connectivity index (χ2n) is 8.20. The molecule has 9 nitrogen and oxygen atoms in total. The van der Waals surface area contributed by atoms with Gasteiger partial charge in [-0.05, 0) is 35.9 Å². The third-order valence-corrected chi connectivity index (χ3v) is 6.27. The molecule has 2 heterocycles. The first-order valence-electron chi connectivity index (χ1n) is 11.5. The van der Waals surface area contributed by atoms with Crippen molar-refractivity contribution in [3.63, 3.8) is 0 Å². The second kappa shape index (κ2) is 12.1. The van der Waals surface area contributed by atoms with Gasteiger partial charge in [0.25, 0.3) is 5.91 Å². The van der Waals surface area contributed by atoms with E-state index in [0.717, 1.165) is 5.56 Å². The average molecular weight is 543 g/mol. The van der Waals surface area contributed by atoms with Crippen molar-refractivity contribution in [3.8, 4) is 5.88 Å². The lowest BCUT2D eigenvalue weighted by Crippen LogP contribution is -2.40. The molecule has 0 atom stereocenters. The zero-order valence-corrected chi connectivity index (χ0v) is 21.5. The molecule has 192 valence electrons. The number of halogens is 2. The smallest absolute Gasteiger partial charge is 0.255 e. The van der Waals surface area contributed by atoms with E-state index in [1.807, 2.05) is 6.07 Å². The summed E-state index contributed by atoms with van der Waals surface area (Å²) < 4.78 is 10.4. The van der Waals surface area contributed by atoms with Crippen LogP contribution in [0.2, 0.25) is 10.0 Å². The zero-order chi connectivity index (χ0) is 26.4. The Morgan fingerprint density at radius 1 is 1.08 bits per heavy atom. The number of rotatable bonds is 8. The van der Waals surface area contributed by atoms with Crippen LogP contribution < -0.4 is 9.64 Å². The van der Waals surface area contributed by atoms with Gasteiger partial charge in [0.2, 0.25) is 17.6 Å². The summed E-state index contributed by atoms with van der Waals surface area (Å²) in [5.74, 6) is -1.18. The van der Waals surface area contributed by atoms with Gasteiger partial charge in [-0.1, -0.05) is 35.3 Å². The number of Topliss-reactive ketones (excluding diaryl/α,β-unsaturated/α-hetero) is 1. The third kappa shape index (κ3) is 6.62. The van der Waals surface area contributed by atoms with Crippen LogP contribution in [0.25, 0.3) is 0 Å². The number of nitrogens with zero attached hydrogens (tertiary/aromatic N) is 4. The lowest BCUT2D eigenvalue weighted by molar-refractivity contribution is -0.117. The summed E-state index contributed by atoms with van der Waals surface area (Å²) >= 11 is 12.7. The normalized spacial score (nSPS) is 13.2. The summed E-state index contributed by atoms with van der Waals surface area (Å²) in [5.41, 5.74) is 1.49. The van der Waals surface area contributed by atoms with Gasteiger partial charge in [0.15, 0.2) is 5.82 Å². The molecule has 4 rings (SSSR count). The molecule has 3 aromatic rings. The molecule has 0 N–H and O–H groups in total. The number of ketones is 1. The summed E-state index contributed by atoms with van der Waals surface area (Å²) in [6, 6.07) is 13.3. The Balaban J connectivity index is 1.61. The Hall–Kier alpha value is -3.53. The van der Waals surface area contributed by atoms with Crippen molar-refractivity contribution in [1.29, 1.82) is 0 Å². The van der Waals surface area contributed by atoms with E-state index in [9.17, 15) is 14.4 Å². The lowest BCUT2D eigenvalue weighted by atomic mass is 10.1. The van der Waals surface area contributed by atoms with Crippen LogP contribution in [0.4, 0.5) is 5.69 Å². The minimum absolute atomic E-state index is 0.124. The second-order valence-corrected chi connectivity index (χ2v) is 9.04. The molecule has 1 aliphatic heterocycles. The number of carbonyl (C=O) groups excluding carboxylic acids is 3.